The lowest BCUT2D eigenvalue weighted by Crippen LogP contribution is -2.44. The maximum atomic E-state index is 12.4. The number of rotatable bonds is 4. The van der Waals surface area contributed by atoms with E-state index in [1.807, 2.05) is 29.2 Å². The number of benzene rings is 1. The molecule has 1 saturated heterocycles. The van der Waals surface area contributed by atoms with Gasteiger partial charge in [-0.2, -0.15) is 5.10 Å². The molecule has 3 rings (SSSR count). The van der Waals surface area contributed by atoms with E-state index in [9.17, 15) is 9.90 Å². The molecule has 0 aliphatic carbocycles. The summed E-state index contributed by atoms with van der Waals surface area (Å²) in [5.74, 6) is 0.512. The molecule has 2 aromatic rings. The van der Waals surface area contributed by atoms with Crippen LogP contribution >= 0.6 is 0 Å². The van der Waals surface area contributed by atoms with E-state index in [4.69, 9.17) is 0 Å². The molecule has 5 heteroatoms. The number of piperidine rings is 1. The van der Waals surface area contributed by atoms with Crippen LogP contribution in [-0.4, -0.2) is 45.8 Å². The monoisotopic (exact) mass is 299 g/mol. The quantitative estimate of drug-likeness (QED) is 0.900. The number of likely N-dealkylation sites (tertiary alicyclic amines) is 1. The lowest BCUT2D eigenvalue weighted by Gasteiger charge is -2.38. The van der Waals surface area contributed by atoms with E-state index in [1.54, 1.807) is 6.20 Å². The molecule has 1 aliphatic rings. The minimum atomic E-state index is 0.0919. The Hall–Kier alpha value is -2.14. The fraction of sp³-hybridized carbons (Fsp3) is 0.412. The number of amides is 1. The third kappa shape index (κ3) is 3.20. The van der Waals surface area contributed by atoms with Gasteiger partial charge in [0, 0.05) is 37.5 Å². The number of hydrogen-bond donors (Lipinski definition) is 2. The van der Waals surface area contributed by atoms with E-state index in [1.165, 1.54) is 5.56 Å². The van der Waals surface area contributed by atoms with Gasteiger partial charge in [0.2, 0.25) is 5.91 Å². The minimum absolute atomic E-state index is 0.0919. The van der Waals surface area contributed by atoms with Gasteiger partial charge in [-0.15, -0.1) is 0 Å². The molecule has 1 fully saturated rings. The lowest BCUT2D eigenvalue weighted by molar-refractivity contribution is -0.132. The Kier molecular flexibility index (Phi) is 4.53. The second-order valence-corrected chi connectivity index (χ2v) is 5.85. The average Bonchev–Trinajstić information content (AvgIpc) is 3.08. The molecule has 1 aromatic carbocycles. The standard InChI is InChI=1S/C17H21N3O2/c21-12-14-11-20(17(22)10-15-6-8-18-19-15)9-7-16(14)13-4-2-1-3-5-13/h1-6,8,14,16,21H,7,9-12H2,(H,18,19)/t14-,16+/m1/s1. The summed E-state index contributed by atoms with van der Waals surface area (Å²) in [5.41, 5.74) is 2.08. The first-order chi connectivity index (χ1) is 10.8. The first-order valence-corrected chi connectivity index (χ1v) is 7.69. The summed E-state index contributed by atoms with van der Waals surface area (Å²) in [4.78, 5) is 14.2. The van der Waals surface area contributed by atoms with Crippen LogP contribution in [0, 0.1) is 5.92 Å². The predicted octanol–water partition coefficient (Wildman–Crippen LogP) is 1.58. The van der Waals surface area contributed by atoms with Crippen LogP contribution in [0.1, 0.15) is 23.6 Å². The van der Waals surface area contributed by atoms with Crippen molar-refractivity contribution in [2.24, 2.45) is 5.92 Å². The highest BCUT2D eigenvalue weighted by atomic mass is 16.3. The van der Waals surface area contributed by atoms with Gasteiger partial charge in [0.15, 0.2) is 0 Å². The summed E-state index contributed by atoms with van der Waals surface area (Å²) < 4.78 is 0. The van der Waals surface area contributed by atoms with Crippen LogP contribution in [0.15, 0.2) is 42.6 Å². The van der Waals surface area contributed by atoms with Crippen molar-refractivity contribution in [3.63, 3.8) is 0 Å². The zero-order valence-electron chi connectivity index (χ0n) is 12.5. The van der Waals surface area contributed by atoms with Gasteiger partial charge >= 0.3 is 0 Å². The van der Waals surface area contributed by atoms with E-state index in [0.29, 0.717) is 18.9 Å². The highest BCUT2D eigenvalue weighted by Crippen LogP contribution is 2.32. The Balaban J connectivity index is 1.65. The van der Waals surface area contributed by atoms with Gasteiger partial charge in [-0.1, -0.05) is 30.3 Å². The largest absolute Gasteiger partial charge is 0.396 e. The minimum Gasteiger partial charge on any atom is -0.396 e. The number of aliphatic hydroxyl groups is 1. The first kappa shape index (κ1) is 14.8. The van der Waals surface area contributed by atoms with Crippen molar-refractivity contribution in [1.82, 2.24) is 15.1 Å². The van der Waals surface area contributed by atoms with Crippen LogP contribution in [0.25, 0.3) is 0 Å². The molecule has 0 unspecified atom stereocenters. The van der Waals surface area contributed by atoms with Crippen molar-refractivity contribution in [2.75, 3.05) is 19.7 Å². The molecule has 2 N–H and O–H groups in total. The Labute approximate surface area is 130 Å². The van der Waals surface area contributed by atoms with Crippen LogP contribution < -0.4 is 0 Å². The van der Waals surface area contributed by atoms with Gasteiger partial charge in [-0.3, -0.25) is 9.89 Å². The molecule has 1 aliphatic heterocycles. The van der Waals surface area contributed by atoms with E-state index in [2.05, 4.69) is 22.3 Å². The molecular formula is C17H21N3O2. The Bertz CT molecular complexity index is 598. The molecule has 0 spiro atoms. The smallest absolute Gasteiger partial charge is 0.228 e. The van der Waals surface area contributed by atoms with Crippen LogP contribution in [0.3, 0.4) is 0 Å². The average molecular weight is 299 g/mol. The van der Waals surface area contributed by atoms with E-state index in [-0.39, 0.29) is 18.4 Å². The maximum absolute atomic E-state index is 12.4. The fourth-order valence-corrected chi connectivity index (χ4v) is 3.24. The summed E-state index contributed by atoms with van der Waals surface area (Å²) >= 11 is 0. The number of nitrogens with zero attached hydrogens (tertiary/aromatic N) is 2. The summed E-state index contributed by atoms with van der Waals surface area (Å²) in [7, 11) is 0. The van der Waals surface area contributed by atoms with E-state index < -0.39 is 0 Å². The molecular weight excluding hydrogens is 278 g/mol. The zero-order chi connectivity index (χ0) is 15.4. The predicted molar refractivity (Wildman–Crippen MR) is 83.2 cm³/mol. The van der Waals surface area contributed by atoms with Crippen molar-refractivity contribution >= 4 is 5.91 Å². The van der Waals surface area contributed by atoms with Gasteiger partial charge in [-0.25, -0.2) is 0 Å². The number of aromatic amines is 1. The second kappa shape index (κ2) is 6.75. The van der Waals surface area contributed by atoms with Crippen LogP contribution in [0.5, 0.6) is 0 Å². The molecule has 1 aromatic heterocycles. The molecule has 22 heavy (non-hydrogen) atoms. The fourth-order valence-electron chi connectivity index (χ4n) is 3.24. The van der Waals surface area contributed by atoms with Gasteiger partial charge in [0.25, 0.3) is 0 Å². The molecule has 5 nitrogen and oxygen atoms in total. The van der Waals surface area contributed by atoms with Crippen molar-refractivity contribution in [3.8, 4) is 0 Å². The molecule has 0 saturated carbocycles. The third-order valence-electron chi connectivity index (χ3n) is 4.45. The third-order valence-corrected chi connectivity index (χ3v) is 4.45. The normalized spacial score (nSPS) is 21.8. The van der Waals surface area contributed by atoms with Crippen molar-refractivity contribution in [2.45, 2.75) is 18.8 Å². The van der Waals surface area contributed by atoms with E-state index >= 15 is 0 Å². The van der Waals surface area contributed by atoms with Crippen molar-refractivity contribution < 1.29 is 9.90 Å². The number of hydrogen-bond acceptors (Lipinski definition) is 3. The van der Waals surface area contributed by atoms with Crippen LogP contribution in [0.2, 0.25) is 0 Å². The first-order valence-electron chi connectivity index (χ1n) is 7.69. The van der Waals surface area contributed by atoms with Crippen LogP contribution in [-0.2, 0) is 11.2 Å². The molecule has 0 bridgehead atoms. The Morgan fingerprint density at radius 1 is 1.32 bits per heavy atom. The van der Waals surface area contributed by atoms with Gasteiger partial charge in [0.05, 0.1) is 6.42 Å². The van der Waals surface area contributed by atoms with Gasteiger partial charge < -0.3 is 10.0 Å². The lowest BCUT2D eigenvalue weighted by atomic mass is 9.81. The molecule has 2 atom stereocenters. The topological polar surface area (TPSA) is 69.2 Å². The van der Waals surface area contributed by atoms with Crippen molar-refractivity contribution in [1.29, 1.82) is 0 Å². The number of aliphatic hydroxyl groups excluding tert-OH is 1. The number of aromatic nitrogens is 2. The Morgan fingerprint density at radius 2 is 2.14 bits per heavy atom. The van der Waals surface area contributed by atoms with Crippen LogP contribution in [0.4, 0.5) is 0 Å². The molecule has 116 valence electrons. The molecule has 1 amide bonds. The maximum Gasteiger partial charge on any atom is 0.228 e. The molecule has 0 radical (unpaired) electrons. The summed E-state index contributed by atoms with van der Waals surface area (Å²) in [6.07, 6.45) is 2.89. The number of H-pyrrole nitrogens is 1. The van der Waals surface area contributed by atoms with E-state index in [0.717, 1.165) is 18.7 Å². The summed E-state index contributed by atoms with van der Waals surface area (Å²) in [5, 5.41) is 16.4. The second-order valence-electron chi connectivity index (χ2n) is 5.85. The zero-order valence-corrected chi connectivity index (χ0v) is 12.5. The Morgan fingerprint density at radius 3 is 2.82 bits per heavy atom. The SMILES string of the molecule is O=C(Cc1ccn[nH]1)N1CC[C@@H](c2ccccc2)[C@@H](CO)C1. The number of carbonyl (C=O) groups excluding carboxylic acids is 1. The van der Waals surface area contributed by atoms with Crippen molar-refractivity contribution in [3.05, 3.63) is 53.9 Å². The number of carbonyl (C=O) groups is 1. The summed E-state index contributed by atoms with van der Waals surface area (Å²) in [6.45, 7) is 1.46. The highest BCUT2D eigenvalue weighted by Gasteiger charge is 2.31. The summed E-state index contributed by atoms with van der Waals surface area (Å²) in [6, 6.07) is 12.1. The highest BCUT2D eigenvalue weighted by molar-refractivity contribution is 5.78. The molecule has 2 heterocycles. The number of nitrogens with one attached hydrogen (secondary N) is 1. The van der Waals surface area contributed by atoms with Gasteiger partial charge in [-0.05, 0) is 24.0 Å². The van der Waals surface area contributed by atoms with Gasteiger partial charge in [0.1, 0.15) is 0 Å².